The number of benzene rings is 1. The molecule has 3 rings (SSSR count). The van der Waals surface area contributed by atoms with Gasteiger partial charge in [0.1, 0.15) is 5.75 Å². The van der Waals surface area contributed by atoms with Crippen molar-refractivity contribution in [1.29, 1.82) is 0 Å². The quantitative estimate of drug-likeness (QED) is 0.361. The molecular formula is C24H34F3N3O2. The third-order valence-electron chi connectivity index (χ3n) is 5.89. The maximum absolute atomic E-state index is 13.7. The van der Waals surface area contributed by atoms with E-state index in [9.17, 15) is 13.2 Å². The lowest BCUT2D eigenvalue weighted by Gasteiger charge is -2.18. The first-order valence-electron chi connectivity index (χ1n) is 11.9. The number of piperidine rings is 1. The zero-order valence-electron chi connectivity index (χ0n) is 18.8. The monoisotopic (exact) mass is 453 g/mol. The molecule has 178 valence electrons. The molecule has 0 amide bonds. The number of nitrogens with zero attached hydrogens (tertiary/aromatic N) is 2. The predicted molar refractivity (Wildman–Crippen MR) is 118 cm³/mol. The Hall–Kier alpha value is -2.09. The molecule has 1 aliphatic heterocycles. The maximum Gasteiger partial charge on any atom is 0.419 e. The highest BCUT2D eigenvalue weighted by Crippen LogP contribution is 2.38. The van der Waals surface area contributed by atoms with Crippen LogP contribution in [0.1, 0.15) is 88.5 Å². The molecule has 1 aromatic carbocycles. The summed E-state index contributed by atoms with van der Waals surface area (Å²) in [6.07, 6.45) is 6.36. The molecule has 8 heteroatoms. The van der Waals surface area contributed by atoms with Crippen LogP contribution in [-0.2, 0) is 6.18 Å². The van der Waals surface area contributed by atoms with E-state index in [0.717, 1.165) is 51.3 Å². The average Bonchev–Trinajstić information content (AvgIpc) is 3.28. The van der Waals surface area contributed by atoms with Crippen molar-refractivity contribution in [1.82, 2.24) is 15.5 Å². The van der Waals surface area contributed by atoms with E-state index < -0.39 is 11.7 Å². The Morgan fingerprint density at radius 1 is 1.09 bits per heavy atom. The molecular weight excluding hydrogens is 419 g/mol. The molecule has 2 heterocycles. The number of alkyl halides is 3. The van der Waals surface area contributed by atoms with Crippen LogP contribution in [0.5, 0.6) is 5.75 Å². The summed E-state index contributed by atoms with van der Waals surface area (Å²) in [5.41, 5.74) is -0.532. The third kappa shape index (κ3) is 7.22. The summed E-state index contributed by atoms with van der Waals surface area (Å²) in [7, 11) is 0. The molecule has 1 saturated heterocycles. The molecule has 1 atom stereocenters. The van der Waals surface area contributed by atoms with E-state index in [4.69, 9.17) is 9.26 Å². The van der Waals surface area contributed by atoms with Crippen molar-refractivity contribution in [2.75, 3.05) is 19.7 Å². The standard InChI is InChI=1S/C24H34F3N3O2/c1-2-3-4-5-6-7-8-9-15-31-21-13-12-18(16-20(21)24(25,26)27)22-29-23(32-30-22)19-11-10-14-28-17-19/h12-13,16,19,28H,2-11,14-15,17H2,1H3/t19-/m1/s1. The lowest BCUT2D eigenvalue weighted by molar-refractivity contribution is -0.138. The van der Waals surface area contributed by atoms with Crippen LogP contribution in [0.4, 0.5) is 13.2 Å². The van der Waals surface area contributed by atoms with Gasteiger partial charge in [0.2, 0.25) is 11.7 Å². The van der Waals surface area contributed by atoms with Crippen LogP contribution in [0, 0.1) is 0 Å². The van der Waals surface area contributed by atoms with Crippen molar-refractivity contribution in [3.63, 3.8) is 0 Å². The highest BCUT2D eigenvalue weighted by Gasteiger charge is 2.35. The topological polar surface area (TPSA) is 60.2 Å². The Bertz CT molecular complexity index is 817. The number of ether oxygens (including phenoxy) is 1. The molecule has 0 bridgehead atoms. The smallest absolute Gasteiger partial charge is 0.419 e. The second-order valence-electron chi connectivity index (χ2n) is 8.53. The summed E-state index contributed by atoms with van der Waals surface area (Å²) in [5, 5.41) is 7.18. The van der Waals surface area contributed by atoms with Crippen LogP contribution in [0.2, 0.25) is 0 Å². The van der Waals surface area contributed by atoms with Crippen molar-refractivity contribution in [3.8, 4) is 17.1 Å². The summed E-state index contributed by atoms with van der Waals surface area (Å²) in [6, 6.07) is 3.98. The molecule has 1 aromatic heterocycles. The lowest BCUT2D eigenvalue weighted by atomic mass is 10.00. The fraction of sp³-hybridized carbons (Fsp3) is 0.667. The van der Waals surface area contributed by atoms with Gasteiger partial charge >= 0.3 is 6.18 Å². The molecule has 0 radical (unpaired) electrons. The van der Waals surface area contributed by atoms with Crippen molar-refractivity contribution in [2.24, 2.45) is 0 Å². The summed E-state index contributed by atoms with van der Waals surface area (Å²) in [4.78, 5) is 4.35. The third-order valence-corrected chi connectivity index (χ3v) is 5.89. The second kappa shape index (κ2) is 12.2. The van der Waals surface area contributed by atoms with Gasteiger partial charge in [0, 0.05) is 12.1 Å². The van der Waals surface area contributed by atoms with Gasteiger partial charge in [0.15, 0.2) is 0 Å². The van der Waals surface area contributed by atoms with E-state index >= 15 is 0 Å². The Balaban J connectivity index is 1.57. The van der Waals surface area contributed by atoms with Crippen molar-refractivity contribution < 1.29 is 22.4 Å². The fourth-order valence-electron chi connectivity index (χ4n) is 4.02. The highest BCUT2D eigenvalue weighted by molar-refractivity contribution is 5.59. The molecule has 5 nitrogen and oxygen atoms in total. The maximum atomic E-state index is 13.7. The van der Waals surface area contributed by atoms with Gasteiger partial charge in [0.25, 0.3) is 0 Å². The molecule has 1 fully saturated rings. The van der Waals surface area contributed by atoms with Gasteiger partial charge in [-0.25, -0.2) is 0 Å². The number of aromatic nitrogens is 2. The van der Waals surface area contributed by atoms with Gasteiger partial charge in [-0.2, -0.15) is 18.2 Å². The number of unbranched alkanes of at least 4 members (excludes halogenated alkanes) is 7. The van der Waals surface area contributed by atoms with E-state index in [1.807, 2.05) is 0 Å². The largest absolute Gasteiger partial charge is 0.493 e. The van der Waals surface area contributed by atoms with E-state index in [-0.39, 0.29) is 29.7 Å². The number of hydrogen-bond acceptors (Lipinski definition) is 5. The molecule has 0 spiro atoms. The molecule has 1 aliphatic rings. The van der Waals surface area contributed by atoms with Crippen LogP contribution in [0.25, 0.3) is 11.4 Å². The second-order valence-corrected chi connectivity index (χ2v) is 8.53. The van der Waals surface area contributed by atoms with Crippen LogP contribution >= 0.6 is 0 Å². The number of halogens is 3. The predicted octanol–water partition coefficient (Wildman–Crippen LogP) is 6.74. The molecule has 0 aliphatic carbocycles. The van der Waals surface area contributed by atoms with Crippen molar-refractivity contribution >= 4 is 0 Å². The van der Waals surface area contributed by atoms with Crippen molar-refractivity contribution in [3.05, 3.63) is 29.7 Å². The number of nitrogens with one attached hydrogen (secondary N) is 1. The Morgan fingerprint density at radius 2 is 1.84 bits per heavy atom. The lowest BCUT2D eigenvalue weighted by Crippen LogP contribution is -2.28. The molecule has 0 unspecified atom stereocenters. The van der Waals surface area contributed by atoms with Gasteiger partial charge in [-0.05, 0) is 44.0 Å². The molecule has 32 heavy (non-hydrogen) atoms. The minimum absolute atomic E-state index is 0.0985. The van der Waals surface area contributed by atoms with E-state index in [0.29, 0.717) is 5.89 Å². The van der Waals surface area contributed by atoms with Gasteiger partial charge in [-0.15, -0.1) is 0 Å². The summed E-state index contributed by atoms with van der Waals surface area (Å²) >= 11 is 0. The average molecular weight is 454 g/mol. The Kier molecular flexibility index (Phi) is 9.38. The SMILES string of the molecule is CCCCCCCCCCOc1ccc(-c2noc([C@@H]3CCCNC3)n2)cc1C(F)(F)F. The minimum atomic E-state index is -4.52. The van der Waals surface area contributed by atoms with Gasteiger partial charge < -0.3 is 14.6 Å². The first kappa shape index (κ1) is 24.6. The molecule has 1 N–H and O–H groups in total. The van der Waals surface area contributed by atoms with Gasteiger partial charge in [-0.3, -0.25) is 0 Å². The van der Waals surface area contributed by atoms with Crippen LogP contribution in [0.3, 0.4) is 0 Å². The minimum Gasteiger partial charge on any atom is -0.493 e. The Morgan fingerprint density at radius 3 is 2.53 bits per heavy atom. The molecule has 0 saturated carbocycles. The zero-order valence-corrected chi connectivity index (χ0v) is 18.8. The van der Waals surface area contributed by atoms with Crippen LogP contribution in [0.15, 0.2) is 22.7 Å². The zero-order chi connectivity index (χ0) is 22.8. The summed E-state index contributed by atoms with van der Waals surface area (Å²) in [5.74, 6) is 0.590. The van der Waals surface area contributed by atoms with E-state index in [1.54, 1.807) is 6.07 Å². The van der Waals surface area contributed by atoms with Gasteiger partial charge in [0.05, 0.1) is 18.1 Å². The Labute approximate surface area is 188 Å². The first-order chi connectivity index (χ1) is 15.5. The van der Waals surface area contributed by atoms with Crippen LogP contribution in [-0.4, -0.2) is 29.8 Å². The summed E-state index contributed by atoms with van der Waals surface area (Å²) < 4.78 is 51.8. The number of rotatable bonds is 12. The summed E-state index contributed by atoms with van der Waals surface area (Å²) in [6.45, 7) is 4.15. The fourth-order valence-corrected chi connectivity index (χ4v) is 4.02. The molecule has 2 aromatic rings. The van der Waals surface area contributed by atoms with E-state index in [2.05, 4.69) is 22.4 Å². The van der Waals surface area contributed by atoms with Crippen LogP contribution < -0.4 is 10.1 Å². The van der Waals surface area contributed by atoms with E-state index in [1.165, 1.54) is 38.2 Å². The normalized spacial score (nSPS) is 16.9. The van der Waals surface area contributed by atoms with Crippen molar-refractivity contribution in [2.45, 2.75) is 83.2 Å². The first-order valence-corrected chi connectivity index (χ1v) is 11.9. The highest BCUT2D eigenvalue weighted by atomic mass is 19.4. The van der Waals surface area contributed by atoms with Gasteiger partial charge in [-0.1, -0.05) is 57.0 Å². The number of hydrogen-bond donors (Lipinski definition) is 1.